The molecule has 0 N–H and O–H groups in total. The van der Waals surface area contributed by atoms with Crippen molar-refractivity contribution >= 4 is 35.7 Å². The summed E-state index contributed by atoms with van der Waals surface area (Å²) in [5, 5.41) is 0. The van der Waals surface area contributed by atoms with Crippen molar-refractivity contribution in [3.05, 3.63) is 107 Å². The second kappa shape index (κ2) is 18.0. The van der Waals surface area contributed by atoms with Crippen molar-refractivity contribution in [3.8, 4) is 17.2 Å². The van der Waals surface area contributed by atoms with Crippen molar-refractivity contribution in [1.29, 1.82) is 0 Å². The Morgan fingerprint density at radius 3 is 2.24 bits per heavy atom. The minimum atomic E-state index is -0.825. The van der Waals surface area contributed by atoms with Gasteiger partial charge in [0.2, 0.25) is 0 Å². The molecule has 3 saturated carbocycles. The van der Waals surface area contributed by atoms with Crippen LogP contribution in [0, 0.1) is 58.2 Å². The minimum Gasteiger partial charge on any atom is -0.490 e. The highest BCUT2D eigenvalue weighted by Crippen LogP contribution is 2.67. The van der Waals surface area contributed by atoms with E-state index in [9.17, 15) is 24.0 Å². The summed E-state index contributed by atoms with van der Waals surface area (Å²) in [5.74, 6) is 1.29. The summed E-state index contributed by atoms with van der Waals surface area (Å²) in [6.07, 6.45) is 20.6. The predicted octanol–water partition coefficient (Wildman–Crippen LogP) is 12.5. The largest absolute Gasteiger partial charge is 0.490 e. The predicted molar refractivity (Wildman–Crippen MR) is 254 cm³/mol. The van der Waals surface area contributed by atoms with Gasteiger partial charge in [-0.25, -0.2) is 0 Å². The Labute approximate surface area is 395 Å². The number of hydrogen-bond donors (Lipinski definition) is 0. The van der Waals surface area contributed by atoms with Crippen LogP contribution >= 0.6 is 0 Å². The molecule has 9 heteroatoms. The number of benzene rings is 3. The van der Waals surface area contributed by atoms with Gasteiger partial charge < -0.3 is 18.9 Å². The van der Waals surface area contributed by atoms with Crippen molar-refractivity contribution in [2.75, 3.05) is 0 Å². The lowest BCUT2D eigenvalue weighted by Crippen LogP contribution is -2.51. The van der Waals surface area contributed by atoms with Crippen molar-refractivity contribution < 1.29 is 42.9 Å². The molecule has 0 radical (unpaired) electrons. The molecule has 2 saturated heterocycles. The van der Waals surface area contributed by atoms with Crippen LogP contribution in [0.5, 0.6) is 17.2 Å². The van der Waals surface area contributed by atoms with E-state index in [2.05, 4.69) is 40.7 Å². The van der Waals surface area contributed by atoms with Crippen LogP contribution in [0.15, 0.2) is 84.5 Å². The third-order valence-corrected chi connectivity index (χ3v) is 18.1. The van der Waals surface area contributed by atoms with E-state index < -0.39 is 47.5 Å². The number of ketones is 1. The fourth-order valence-corrected chi connectivity index (χ4v) is 14.6. The fraction of sp³-hybridized carbons (Fsp3) is 0.534. The highest BCUT2D eigenvalue weighted by molar-refractivity contribution is 6.07. The first kappa shape index (κ1) is 45.5. The lowest BCUT2D eigenvalue weighted by atomic mass is 9.47. The molecule has 3 aromatic carbocycles. The molecule has 2 aliphatic heterocycles. The molecule has 0 aromatic heterocycles. The van der Waals surface area contributed by atoms with Gasteiger partial charge in [-0.05, 0) is 175 Å². The number of rotatable bonds is 13. The molecule has 8 unspecified atom stereocenters. The summed E-state index contributed by atoms with van der Waals surface area (Å²) < 4.78 is 22.6. The molecular formula is C58H66O9. The lowest BCUT2D eigenvalue weighted by Gasteiger charge is -2.58. The van der Waals surface area contributed by atoms with Gasteiger partial charge >= 0.3 is 23.9 Å². The molecule has 2 heterocycles. The van der Waals surface area contributed by atoms with Crippen LogP contribution in [0.1, 0.15) is 157 Å². The maximum absolute atomic E-state index is 13.2. The molecule has 12 atom stereocenters. The Morgan fingerprint density at radius 2 is 1.49 bits per heavy atom. The number of cyclic esters (lactones) is 4. The highest BCUT2D eigenvalue weighted by atomic mass is 16.6. The Kier molecular flexibility index (Phi) is 12.2. The van der Waals surface area contributed by atoms with Crippen molar-refractivity contribution in [2.45, 2.75) is 136 Å². The summed E-state index contributed by atoms with van der Waals surface area (Å²) in [6, 6.07) is 20.0. The topological polar surface area (TPSA) is 122 Å². The summed E-state index contributed by atoms with van der Waals surface area (Å²) in [7, 11) is 0. The third-order valence-electron chi connectivity index (χ3n) is 18.1. The fourth-order valence-electron chi connectivity index (χ4n) is 14.6. The molecule has 67 heavy (non-hydrogen) atoms. The number of ether oxygens (including phenoxy) is 4. The van der Waals surface area contributed by atoms with Gasteiger partial charge in [-0.3, -0.25) is 24.0 Å². The first-order valence-corrected chi connectivity index (χ1v) is 25.3. The van der Waals surface area contributed by atoms with Crippen LogP contribution in [0.2, 0.25) is 0 Å². The molecule has 7 aliphatic rings. The Morgan fingerprint density at radius 1 is 0.746 bits per heavy atom. The molecule has 0 bridgehead atoms. The molecule has 3 aromatic rings. The number of fused-ring (bicyclic) bond motifs is 8. The SMILES string of the molecule is CC(C)CCC[C@@H](C)[C@H]1CCC2C3CC=C4CC(Oc5ccc(C=CC(=O)c6ccc(Oc7ccc8c(c7)C7C(=O)OC(=O)C7CC8C7CC(=O)OC7=O)cc6)cc5)CC[C@]4(C)C3CC[C@@]21C. The monoisotopic (exact) mass is 906 g/mol. The molecule has 5 aliphatic carbocycles. The Bertz CT molecular complexity index is 2500. The molecule has 0 amide bonds. The van der Waals surface area contributed by atoms with Crippen LogP contribution in [0.4, 0.5) is 0 Å². The van der Waals surface area contributed by atoms with E-state index in [1.807, 2.05) is 30.3 Å². The van der Waals surface area contributed by atoms with E-state index in [0.29, 0.717) is 33.6 Å². The Hall–Kier alpha value is -5.31. The molecule has 10 rings (SSSR count). The molecule has 352 valence electrons. The van der Waals surface area contributed by atoms with Crippen molar-refractivity contribution in [1.82, 2.24) is 0 Å². The average Bonchev–Trinajstić information content (AvgIpc) is 3.95. The van der Waals surface area contributed by atoms with Crippen molar-refractivity contribution in [3.63, 3.8) is 0 Å². The average molecular weight is 907 g/mol. The number of carbonyl (C=O) groups is 5. The van der Waals surface area contributed by atoms with Gasteiger partial charge in [-0.15, -0.1) is 0 Å². The van der Waals surface area contributed by atoms with Gasteiger partial charge in [-0.2, -0.15) is 0 Å². The second-order valence-corrected chi connectivity index (χ2v) is 22.2. The van der Waals surface area contributed by atoms with Gasteiger partial charge in [0.05, 0.1) is 24.2 Å². The highest BCUT2D eigenvalue weighted by Gasteiger charge is 2.59. The summed E-state index contributed by atoms with van der Waals surface area (Å²) in [6.45, 7) is 12.6. The number of carbonyl (C=O) groups excluding carboxylic acids is 5. The number of allylic oxidation sites excluding steroid dienone is 2. The summed E-state index contributed by atoms with van der Waals surface area (Å²) >= 11 is 0. The van der Waals surface area contributed by atoms with Gasteiger partial charge in [0.15, 0.2) is 5.78 Å². The molecule has 0 spiro atoms. The zero-order valence-electron chi connectivity index (χ0n) is 39.8. The van der Waals surface area contributed by atoms with Gasteiger partial charge in [0, 0.05) is 12.0 Å². The van der Waals surface area contributed by atoms with Crippen LogP contribution in [0.25, 0.3) is 6.08 Å². The lowest BCUT2D eigenvalue weighted by molar-refractivity contribution is -0.155. The smallest absolute Gasteiger partial charge is 0.321 e. The molecular weight excluding hydrogens is 841 g/mol. The first-order valence-electron chi connectivity index (χ1n) is 25.3. The van der Waals surface area contributed by atoms with Gasteiger partial charge in [0.25, 0.3) is 0 Å². The zero-order chi connectivity index (χ0) is 46.8. The molecule has 9 nitrogen and oxygen atoms in total. The molecule has 5 fully saturated rings. The third kappa shape index (κ3) is 8.51. The van der Waals surface area contributed by atoms with E-state index in [1.165, 1.54) is 57.8 Å². The number of hydrogen-bond acceptors (Lipinski definition) is 9. The minimum absolute atomic E-state index is 0.0818. The first-order chi connectivity index (χ1) is 32.2. The zero-order valence-corrected chi connectivity index (χ0v) is 39.8. The summed E-state index contributed by atoms with van der Waals surface area (Å²) in [5.41, 5.74) is 5.06. The second-order valence-electron chi connectivity index (χ2n) is 22.2. The van der Waals surface area contributed by atoms with E-state index in [1.54, 1.807) is 54.1 Å². The van der Waals surface area contributed by atoms with E-state index >= 15 is 0 Å². The van der Waals surface area contributed by atoms with E-state index in [-0.39, 0.29) is 30.1 Å². The summed E-state index contributed by atoms with van der Waals surface area (Å²) in [4.78, 5) is 63.2. The quantitative estimate of drug-likeness (QED) is 0.0542. The van der Waals surface area contributed by atoms with Crippen LogP contribution in [-0.2, 0) is 28.7 Å². The normalized spacial score (nSPS) is 33.5. The van der Waals surface area contributed by atoms with Crippen LogP contribution < -0.4 is 9.47 Å². The van der Waals surface area contributed by atoms with Crippen LogP contribution in [-0.4, -0.2) is 35.8 Å². The van der Waals surface area contributed by atoms with E-state index in [4.69, 9.17) is 18.9 Å². The van der Waals surface area contributed by atoms with Gasteiger partial charge in [-0.1, -0.05) is 89.8 Å². The number of esters is 4. The van der Waals surface area contributed by atoms with Gasteiger partial charge in [0.1, 0.15) is 23.4 Å². The Balaban J connectivity index is 0.732. The van der Waals surface area contributed by atoms with E-state index in [0.717, 1.165) is 59.7 Å². The maximum atomic E-state index is 13.2. The maximum Gasteiger partial charge on any atom is 0.321 e. The van der Waals surface area contributed by atoms with Crippen molar-refractivity contribution in [2.24, 2.45) is 58.2 Å². The standard InChI is InChI=1S/C58H66O9/c1-33(2)7-6-8-34(3)48-22-23-49-43-20-14-37-29-41(25-27-57(37,4)50(43)26-28-58(48,49)5)65-38-15-9-35(10-16-38)11-24-51(59)36-12-17-39(18-13-36)64-40-19-21-42-44(46-32-52(60)66-54(46)61)31-47-53(45(42)30-40)56(63)67-55(47)62/h9-19,21,24,30,33-34,41,43-44,46-50,53H,6-8,20,22-23,25-29,31-32H2,1-5H3/t34-,41?,43?,44?,46?,47?,48-,49?,50?,53?,57+,58-/m1/s1. The van der Waals surface area contributed by atoms with Crippen LogP contribution in [0.3, 0.4) is 0 Å².